The van der Waals surface area contributed by atoms with Crippen molar-refractivity contribution >= 4 is 34.8 Å². The zero-order valence-electron chi connectivity index (χ0n) is 10.9. The van der Waals surface area contributed by atoms with E-state index in [0.29, 0.717) is 33.1 Å². The van der Waals surface area contributed by atoms with E-state index in [1.54, 1.807) is 24.3 Å². The topological polar surface area (TPSA) is 21.3 Å². The molecule has 20 heavy (non-hydrogen) atoms. The molecular weight excluding hydrogens is 317 g/mol. The maximum absolute atomic E-state index is 6.03. The van der Waals surface area contributed by atoms with Gasteiger partial charge in [0.2, 0.25) is 0 Å². The number of halogens is 3. The molecule has 0 aromatic heterocycles. The summed E-state index contributed by atoms with van der Waals surface area (Å²) >= 11 is 17.9. The smallest absolute Gasteiger partial charge is 0.133 e. The fraction of sp³-hybridized carbons (Fsp3) is 0.200. The molecule has 5 heteroatoms. The number of hydrogen-bond acceptors (Lipinski definition) is 2. The van der Waals surface area contributed by atoms with Gasteiger partial charge in [-0.25, -0.2) is 0 Å². The molecule has 0 heterocycles. The quantitative estimate of drug-likeness (QED) is 0.776. The molecule has 0 saturated heterocycles. The van der Waals surface area contributed by atoms with Crippen LogP contribution in [-0.2, 0) is 6.54 Å². The van der Waals surface area contributed by atoms with E-state index in [4.69, 9.17) is 39.5 Å². The molecule has 2 nitrogen and oxygen atoms in total. The Morgan fingerprint density at radius 1 is 1.00 bits per heavy atom. The zero-order chi connectivity index (χ0) is 14.5. The van der Waals surface area contributed by atoms with E-state index in [1.807, 2.05) is 12.1 Å². The maximum atomic E-state index is 6.03. The van der Waals surface area contributed by atoms with Crippen LogP contribution in [-0.4, -0.2) is 6.54 Å². The van der Waals surface area contributed by atoms with Gasteiger partial charge < -0.3 is 10.1 Å². The Morgan fingerprint density at radius 3 is 2.50 bits per heavy atom. The molecule has 0 fully saturated rings. The molecule has 0 unspecified atom stereocenters. The molecule has 1 N–H and O–H groups in total. The number of rotatable bonds is 5. The van der Waals surface area contributed by atoms with Crippen LogP contribution < -0.4 is 10.1 Å². The van der Waals surface area contributed by atoms with Crippen molar-refractivity contribution in [2.45, 2.75) is 13.5 Å². The highest BCUT2D eigenvalue weighted by molar-refractivity contribution is 6.42. The summed E-state index contributed by atoms with van der Waals surface area (Å²) in [5, 5.41) is 4.84. The molecule has 0 spiro atoms. The second-order valence-electron chi connectivity index (χ2n) is 4.21. The van der Waals surface area contributed by atoms with Crippen LogP contribution in [0.2, 0.25) is 15.1 Å². The number of ether oxygens (including phenoxy) is 1. The van der Waals surface area contributed by atoms with Crippen molar-refractivity contribution in [2.75, 3.05) is 6.54 Å². The predicted octanol–water partition coefficient (Wildman–Crippen LogP) is 5.55. The minimum absolute atomic E-state index is 0.458. The van der Waals surface area contributed by atoms with Gasteiger partial charge in [-0.05, 0) is 30.8 Å². The standard InChI is InChI=1S/C15H14Cl3NO/c1-2-19-9-10-3-4-11(16)7-15(10)20-12-5-6-13(17)14(18)8-12/h3-8,19H,2,9H2,1H3. The van der Waals surface area contributed by atoms with E-state index in [1.165, 1.54) is 0 Å². The monoisotopic (exact) mass is 329 g/mol. The third kappa shape index (κ3) is 4.03. The number of nitrogens with one attached hydrogen (secondary N) is 1. The fourth-order valence-electron chi connectivity index (χ4n) is 1.70. The van der Waals surface area contributed by atoms with Gasteiger partial charge in [0.1, 0.15) is 11.5 Å². The first-order chi connectivity index (χ1) is 9.60. The summed E-state index contributed by atoms with van der Waals surface area (Å²) in [5.74, 6) is 1.33. The molecule has 0 atom stereocenters. The van der Waals surface area contributed by atoms with E-state index in [9.17, 15) is 0 Å². The van der Waals surface area contributed by atoms with Crippen molar-refractivity contribution in [2.24, 2.45) is 0 Å². The van der Waals surface area contributed by atoms with E-state index in [0.717, 1.165) is 12.1 Å². The van der Waals surface area contributed by atoms with Crippen LogP contribution in [0.15, 0.2) is 36.4 Å². The largest absolute Gasteiger partial charge is 0.457 e. The van der Waals surface area contributed by atoms with Crippen molar-refractivity contribution in [3.63, 3.8) is 0 Å². The molecule has 106 valence electrons. The molecule has 0 aliphatic heterocycles. The molecule has 2 aromatic rings. The van der Waals surface area contributed by atoms with Crippen LogP contribution in [0.25, 0.3) is 0 Å². The summed E-state index contributed by atoms with van der Waals surface area (Å²) in [6.45, 7) is 3.65. The van der Waals surface area contributed by atoms with Gasteiger partial charge in [0, 0.05) is 23.2 Å². The second-order valence-corrected chi connectivity index (χ2v) is 5.46. The Bertz CT molecular complexity index is 602. The average Bonchev–Trinajstić information content (AvgIpc) is 2.42. The third-order valence-electron chi connectivity index (χ3n) is 2.71. The summed E-state index contributed by atoms with van der Waals surface area (Å²) in [4.78, 5) is 0. The number of benzene rings is 2. The molecule has 0 aliphatic carbocycles. The summed E-state index contributed by atoms with van der Waals surface area (Å²) in [5.41, 5.74) is 1.03. The highest BCUT2D eigenvalue weighted by atomic mass is 35.5. The normalized spacial score (nSPS) is 10.6. The van der Waals surface area contributed by atoms with Crippen LogP contribution in [0.1, 0.15) is 12.5 Å². The lowest BCUT2D eigenvalue weighted by molar-refractivity contribution is 0.473. The minimum atomic E-state index is 0.458. The highest BCUT2D eigenvalue weighted by Crippen LogP contribution is 2.32. The first-order valence-corrected chi connectivity index (χ1v) is 7.35. The van der Waals surface area contributed by atoms with Crippen molar-refractivity contribution in [3.8, 4) is 11.5 Å². The van der Waals surface area contributed by atoms with Crippen LogP contribution in [0.4, 0.5) is 0 Å². The molecular formula is C15H14Cl3NO. The van der Waals surface area contributed by atoms with E-state index >= 15 is 0 Å². The molecule has 0 aliphatic rings. The Labute approximate surface area is 133 Å². The highest BCUT2D eigenvalue weighted by Gasteiger charge is 2.07. The molecule has 0 amide bonds. The Hall–Kier alpha value is -0.930. The maximum Gasteiger partial charge on any atom is 0.133 e. The van der Waals surface area contributed by atoms with Gasteiger partial charge in [-0.2, -0.15) is 0 Å². The van der Waals surface area contributed by atoms with Crippen LogP contribution in [0, 0.1) is 0 Å². The van der Waals surface area contributed by atoms with Gasteiger partial charge in [-0.3, -0.25) is 0 Å². The van der Waals surface area contributed by atoms with Crippen molar-refractivity contribution in [1.29, 1.82) is 0 Å². The molecule has 2 aromatic carbocycles. The van der Waals surface area contributed by atoms with Crippen LogP contribution in [0.3, 0.4) is 0 Å². The lowest BCUT2D eigenvalue weighted by Gasteiger charge is -2.12. The van der Waals surface area contributed by atoms with Crippen LogP contribution in [0.5, 0.6) is 11.5 Å². The number of hydrogen-bond donors (Lipinski definition) is 1. The van der Waals surface area contributed by atoms with Gasteiger partial charge in [0.05, 0.1) is 10.0 Å². The zero-order valence-corrected chi connectivity index (χ0v) is 13.2. The average molecular weight is 331 g/mol. The van der Waals surface area contributed by atoms with Gasteiger partial charge in [-0.1, -0.05) is 47.8 Å². The summed E-state index contributed by atoms with van der Waals surface area (Å²) < 4.78 is 5.86. The molecule has 0 saturated carbocycles. The third-order valence-corrected chi connectivity index (χ3v) is 3.69. The van der Waals surface area contributed by atoms with Crippen molar-refractivity contribution in [1.82, 2.24) is 5.32 Å². The molecule has 0 radical (unpaired) electrons. The lowest BCUT2D eigenvalue weighted by Crippen LogP contribution is -2.12. The Morgan fingerprint density at radius 2 is 1.80 bits per heavy atom. The first-order valence-electron chi connectivity index (χ1n) is 6.22. The first kappa shape index (κ1) is 15.5. The Kier molecular flexibility index (Phi) is 5.55. The molecule has 0 bridgehead atoms. The lowest BCUT2D eigenvalue weighted by atomic mass is 10.2. The summed E-state index contributed by atoms with van der Waals surface area (Å²) in [7, 11) is 0. The van der Waals surface area contributed by atoms with Gasteiger partial charge in [-0.15, -0.1) is 0 Å². The van der Waals surface area contributed by atoms with Crippen LogP contribution >= 0.6 is 34.8 Å². The predicted molar refractivity (Wildman–Crippen MR) is 85.4 cm³/mol. The van der Waals surface area contributed by atoms with E-state index in [2.05, 4.69) is 12.2 Å². The fourth-order valence-corrected chi connectivity index (χ4v) is 2.15. The van der Waals surface area contributed by atoms with Gasteiger partial charge in [0.15, 0.2) is 0 Å². The SMILES string of the molecule is CCNCc1ccc(Cl)cc1Oc1ccc(Cl)c(Cl)c1. The summed E-state index contributed by atoms with van der Waals surface area (Å²) in [6.07, 6.45) is 0. The summed E-state index contributed by atoms with van der Waals surface area (Å²) in [6, 6.07) is 10.7. The van der Waals surface area contributed by atoms with E-state index < -0.39 is 0 Å². The Balaban J connectivity index is 2.26. The second kappa shape index (κ2) is 7.19. The van der Waals surface area contributed by atoms with Gasteiger partial charge >= 0.3 is 0 Å². The van der Waals surface area contributed by atoms with Crippen molar-refractivity contribution < 1.29 is 4.74 Å². The minimum Gasteiger partial charge on any atom is -0.457 e. The van der Waals surface area contributed by atoms with Gasteiger partial charge in [0.25, 0.3) is 0 Å². The molecule has 2 rings (SSSR count). The van der Waals surface area contributed by atoms with E-state index in [-0.39, 0.29) is 0 Å². The van der Waals surface area contributed by atoms with Crippen molar-refractivity contribution in [3.05, 3.63) is 57.0 Å².